The summed E-state index contributed by atoms with van der Waals surface area (Å²) in [5.41, 5.74) is 2.00. The second-order valence-electron chi connectivity index (χ2n) is 7.51. The molecule has 2 aromatic carbocycles. The average molecular weight is 419 g/mol. The highest BCUT2D eigenvalue weighted by Gasteiger charge is 2.35. The minimum absolute atomic E-state index is 0.237. The number of furan rings is 1. The van der Waals surface area contributed by atoms with Gasteiger partial charge in [-0.2, -0.15) is 0 Å². The first-order valence-electron chi connectivity index (χ1n) is 10.2. The van der Waals surface area contributed by atoms with Crippen LogP contribution in [0.5, 0.6) is 0 Å². The molecule has 0 saturated carbocycles. The molecule has 31 heavy (non-hydrogen) atoms. The summed E-state index contributed by atoms with van der Waals surface area (Å²) >= 11 is 0. The van der Waals surface area contributed by atoms with Gasteiger partial charge in [-0.05, 0) is 48.5 Å². The van der Waals surface area contributed by atoms with Gasteiger partial charge in [-0.25, -0.2) is 9.59 Å². The quantitative estimate of drug-likeness (QED) is 0.570. The Morgan fingerprint density at radius 1 is 1.10 bits per heavy atom. The maximum atomic E-state index is 12.8. The fourth-order valence-corrected chi connectivity index (χ4v) is 3.84. The predicted octanol–water partition coefficient (Wildman–Crippen LogP) is 3.74. The third-order valence-electron chi connectivity index (χ3n) is 5.17. The summed E-state index contributed by atoms with van der Waals surface area (Å²) < 4.78 is 10.7. The first kappa shape index (κ1) is 20.7. The maximum absolute atomic E-state index is 12.8. The lowest BCUT2D eigenvalue weighted by atomic mass is 9.99. The second-order valence-corrected chi connectivity index (χ2v) is 7.51. The van der Waals surface area contributed by atoms with E-state index >= 15 is 0 Å². The number of fused-ring (bicyclic) bond motifs is 1. The largest absolute Gasteiger partial charge is 0.467 e. The number of hydrogen-bond donors (Lipinski definition) is 2. The summed E-state index contributed by atoms with van der Waals surface area (Å²) in [5, 5.41) is 7.91. The standard InChI is InChI=1S/C24H25N3O4/c1-3-30-23(28)21-19(25-24(29)26-22(21)20-9-6-12-31-20)15-27(2)14-16-10-11-17-7-4-5-8-18(17)13-16/h4-13,22H,3,14-15H2,1-2H3,(H2,25,26,29). The highest BCUT2D eigenvalue weighted by molar-refractivity contribution is 5.95. The van der Waals surface area contributed by atoms with E-state index in [1.54, 1.807) is 19.1 Å². The van der Waals surface area contributed by atoms with Crippen LogP contribution in [0, 0.1) is 0 Å². The fourth-order valence-electron chi connectivity index (χ4n) is 3.84. The Morgan fingerprint density at radius 3 is 2.65 bits per heavy atom. The van der Waals surface area contributed by atoms with Crippen LogP contribution in [0.25, 0.3) is 10.8 Å². The summed E-state index contributed by atoms with van der Waals surface area (Å²) in [7, 11) is 1.95. The number of carbonyl (C=O) groups excluding carboxylic acids is 2. The Hall–Kier alpha value is -3.58. The molecule has 160 valence electrons. The smallest absolute Gasteiger partial charge is 0.338 e. The minimum atomic E-state index is -0.702. The van der Waals surface area contributed by atoms with Crippen molar-refractivity contribution in [3.8, 4) is 0 Å². The van der Waals surface area contributed by atoms with Crippen molar-refractivity contribution in [2.75, 3.05) is 20.2 Å². The molecule has 7 nitrogen and oxygen atoms in total. The van der Waals surface area contributed by atoms with Crippen molar-refractivity contribution in [2.24, 2.45) is 0 Å². The van der Waals surface area contributed by atoms with Gasteiger partial charge in [-0.15, -0.1) is 0 Å². The zero-order valence-electron chi connectivity index (χ0n) is 17.6. The predicted molar refractivity (Wildman–Crippen MR) is 117 cm³/mol. The molecule has 1 atom stereocenters. The normalized spacial score (nSPS) is 16.4. The number of esters is 1. The highest BCUT2D eigenvalue weighted by atomic mass is 16.5. The van der Waals surface area contributed by atoms with E-state index in [1.807, 2.05) is 24.1 Å². The molecule has 1 aliphatic rings. The van der Waals surface area contributed by atoms with E-state index in [0.717, 1.165) is 5.56 Å². The molecule has 1 aromatic heterocycles. The van der Waals surface area contributed by atoms with Gasteiger partial charge in [0, 0.05) is 18.8 Å². The SMILES string of the molecule is CCOC(=O)C1=C(CN(C)Cc2ccc3ccccc3c2)NC(=O)NC1c1ccco1. The second kappa shape index (κ2) is 9.06. The summed E-state index contributed by atoms with van der Waals surface area (Å²) in [5.74, 6) is -0.00177. The number of nitrogens with one attached hydrogen (secondary N) is 2. The van der Waals surface area contributed by atoms with Crippen LogP contribution in [0.3, 0.4) is 0 Å². The molecular weight excluding hydrogens is 394 g/mol. The molecule has 0 radical (unpaired) electrons. The summed E-state index contributed by atoms with van der Waals surface area (Å²) in [6, 6.07) is 16.9. The monoisotopic (exact) mass is 419 g/mol. The number of carbonyl (C=O) groups is 2. The van der Waals surface area contributed by atoms with Crippen molar-refractivity contribution in [3.63, 3.8) is 0 Å². The van der Waals surface area contributed by atoms with Gasteiger partial charge in [-0.1, -0.05) is 36.4 Å². The Bertz CT molecular complexity index is 1120. The Kier molecular flexibility index (Phi) is 6.04. The molecule has 2 amide bonds. The minimum Gasteiger partial charge on any atom is -0.467 e. The van der Waals surface area contributed by atoms with Crippen LogP contribution in [-0.4, -0.2) is 37.1 Å². The van der Waals surface area contributed by atoms with Gasteiger partial charge in [0.25, 0.3) is 0 Å². The van der Waals surface area contributed by atoms with Gasteiger partial charge >= 0.3 is 12.0 Å². The van der Waals surface area contributed by atoms with Crippen molar-refractivity contribution in [1.29, 1.82) is 0 Å². The number of benzene rings is 2. The molecule has 0 saturated heterocycles. The highest BCUT2D eigenvalue weighted by Crippen LogP contribution is 2.28. The Labute approximate surface area is 180 Å². The van der Waals surface area contributed by atoms with Gasteiger partial charge < -0.3 is 19.8 Å². The van der Waals surface area contributed by atoms with Crippen molar-refractivity contribution < 1.29 is 18.7 Å². The van der Waals surface area contributed by atoms with E-state index in [9.17, 15) is 9.59 Å². The Balaban J connectivity index is 1.60. The molecule has 3 aromatic rings. The third-order valence-corrected chi connectivity index (χ3v) is 5.17. The zero-order chi connectivity index (χ0) is 21.8. The van der Waals surface area contributed by atoms with E-state index < -0.39 is 12.0 Å². The van der Waals surface area contributed by atoms with E-state index in [2.05, 4.69) is 41.0 Å². The van der Waals surface area contributed by atoms with E-state index in [4.69, 9.17) is 9.15 Å². The summed E-state index contributed by atoms with van der Waals surface area (Å²) in [6.45, 7) is 3.01. The molecule has 2 N–H and O–H groups in total. The van der Waals surface area contributed by atoms with Crippen LogP contribution in [0.4, 0.5) is 4.79 Å². The average Bonchev–Trinajstić information content (AvgIpc) is 3.28. The molecule has 1 unspecified atom stereocenters. The van der Waals surface area contributed by atoms with Crippen molar-refractivity contribution >= 4 is 22.8 Å². The van der Waals surface area contributed by atoms with E-state index in [0.29, 0.717) is 30.1 Å². The maximum Gasteiger partial charge on any atom is 0.338 e. The number of nitrogens with zero attached hydrogens (tertiary/aromatic N) is 1. The van der Waals surface area contributed by atoms with Crippen LogP contribution >= 0.6 is 0 Å². The molecule has 0 fully saturated rings. The number of hydrogen-bond acceptors (Lipinski definition) is 5. The first-order valence-corrected chi connectivity index (χ1v) is 10.2. The number of urea groups is 1. The molecule has 4 rings (SSSR count). The van der Waals surface area contributed by atoms with Gasteiger partial charge in [0.2, 0.25) is 0 Å². The lowest BCUT2D eigenvalue weighted by Gasteiger charge is -2.30. The van der Waals surface area contributed by atoms with E-state index in [-0.39, 0.29) is 12.6 Å². The molecule has 7 heteroatoms. The number of rotatable bonds is 7. The first-order chi connectivity index (χ1) is 15.0. The van der Waals surface area contributed by atoms with Crippen LogP contribution < -0.4 is 10.6 Å². The lowest BCUT2D eigenvalue weighted by molar-refractivity contribution is -0.139. The molecule has 2 heterocycles. The number of ether oxygens (including phenoxy) is 1. The van der Waals surface area contributed by atoms with Crippen LogP contribution in [0.15, 0.2) is 76.5 Å². The third kappa shape index (κ3) is 4.62. The van der Waals surface area contributed by atoms with Gasteiger partial charge in [0.05, 0.1) is 18.4 Å². The molecule has 0 aliphatic carbocycles. The van der Waals surface area contributed by atoms with Crippen LogP contribution in [0.1, 0.15) is 24.3 Å². The summed E-state index contributed by atoms with van der Waals surface area (Å²) in [6.07, 6.45) is 1.51. The van der Waals surface area contributed by atoms with Crippen molar-refractivity contribution in [1.82, 2.24) is 15.5 Å². The van der Waals surface area contributed by atoms with Crippen LogP contribution in [-0.2, 0) is 16.1 Å². The topological polar surface area (TPSA) is 83.8 Å². The lowest BCUT2D eigenvalue weighted by Crippen LogP contribution is -2.48. The van der Waals surface area contributed by atoms with Gasteiger partial charge in [0.15, 0.2) is 0 Å². The van der Waals surface area contributed by atoms with E-state index in [1.165, 1.54) is 17.0 Å². The van der Waals surface area contributed by atoms with Gasteiger partial charge in [0.1, 0.15) is 11.8 Å². The van der Waals surface area contributed by atoms with Crippen molar-refractivity contribution in [2.45, 2.75) is 19.5 Å². The number of amides is 2. The zero-order valence-corrected chi connectivity index (χ0v) is 17.6. The van der Waals surface area contributed by atoms with Gasteiger partial charge in [-0.3, -0.25) is 4.90 Å². The molecule has 0 bridgehead atoms. The fraction of sp³-hybridized carbons (Fsp3) is 0.250. The van der Waals surface area contributed by atoms with Crippen LogP contribution in [0.2, 0.25) is 0 Å². The van der Waals surface area contributed by atoms with Crippen molar-refractivity contribution in [3.05, 3.63) is 83.5 Å². The summed E-state index contributed by atoms with van der Waals surface area (Å²) in [4.78, 5) is 27.1. The number of likely N-dealkylation sites (N-methyl/N-ethyl adjacent to an activating group) is 1. The molecular formula is C24H25N3O4. The molecule has 1 aliphatic heterocycles. The molecule has 0 spiro atoms. The Morgan fingerprint density at radius 2 is 1.90 bits per heavy atom.